The molecule has 0 aliphatic carbocycles. The van der Waals surface area contributed by atoms with E-state index in [2.05, 4.69) is 20.9 Å². The molecule has 0 atom stereocenters. The summed E-state index contributed by atoms with van der Waals surface area (Å²) in [7, 11) is 3.45. The highest BCUT2D eigenvalue weighted by molar-refractivity contribution is 9.10. The Balaban J connectivity index is 2.68. The molecule has 1 amide bonds. The molecule has 0 spiro atoms. The highest BCUT2D eigenvalue weighted by atomic mass is 79.9. The van der Waals surface area contributed by atoms with Crippen LogP contribution in [0.3, 0.4) is 0 Å². The number of nitrogens with zero attached hydrogens (tertiary/aromatic N) is 3. The van der Waals surface area contributed by atoms with Gasteiger partial charge in [0.05, 0.1) is 5.56 Å². The number of amides is 1. The zero-order valence-corrected chi connectivity index (χ0v) is 10.0. The zero-order valence-electron chi connectivity index (χ0n) is 8.44. The van der Waals surface area contributed by atoms with Gasteiger partial charge in [-0.25, -0.2) is 4.98 Å². The number of carbonyl (C=O) groups excluding carboxylic acids is 1. The van der Waals surface area contributed by atoms with Gasteiger partial charge in [-0.15, -0.1) is 0 Å². The fourth-order valence-corrected chi connectivity index (χ4v) is 1.85. The Morgan fingerprint density at radius 1 is 1.53 bits per heavy atom. The van der Waals surface area contributed by atoms with Crippen LogP contribution in [0.25, 0.3) is 5.65 Å². The van der Waals surface area contributed by atoms with Gasteiger partial charge in [-0.2, -0.15) is 0 Å². The monoisotopic (exact) mass is 267 g/mol. The second-order valence-corrected chi connectivity index (χ2v) is 4.35. The van der Waals surface area contributed by atoms with E-state index in [1.807, 2.05) is 16.8 Å². The SMILES string of the molecule is CN(C)C(=O)c1cc(Br)cn2ccnc12. The molecular weight excluding hydrogens is 258 g/mol. The molecule has 0 unspecified atom stereocenters. The van der Waals surface area contributed by atoms with Crippen molar-refractivity contribution in [2.75, 3.05) is 14.1 Å². The molecule has 2 aromatic rings. The molecule has 2 rings (SSSR count). The van der Waals surface area contributed by atoms with Gasteiger partial charge in [-0.1, -0.05) is 0 Å². The zero-order chi connectivity index (χ0) is 11.0. The lowest BCUT2D eigenvalue weighted by Gasteiger charge is -2.11. The molecule has 0 saturated carbocycles. The lowest BCUT2D eigenvalue weighted by Crippen LogP contribution is -2.22. The summed E-state index contributed by atoms with van der Waals surface area (Å²) < 4.78 is 2.68. The van der Waals surface area contributed by atoms with Crippen LogP contribution < -0.4 is 0 Å². The number of hydrogen-bond acceptors (Lipinski definition) is 2. The van der Waals surface area contributed by atoms with E-state index in [9.17, 15) is 4.79 Å². The van der Waals surface area contributed by atoms with Crippen molar-refractivity contribution < 1.29 is 4.79 Å². The molecule has 0 aliphatic rings. The maximum absolute atomic E-state index is 11.9. The number of halogens is 1. The van der Waals surface area contributed by atoms with Crippen LogP contribution in [0.15, 0.2) is 29.1 Å². The molecule has 4 nitrogen and oxygen atoms in total. The molecule has 5 heteroatoms. The Morgan fingerprint density at radius 3 is 2.93 bits per heavy atom. The van der Waals surface area contributed by atoms with Gasteiger partial charge < -0.3 is 9.30 Å². The molecule has 0 radical (unpaired) electrons. The van der Waals surface area contributed by atoms with Crippen LogP contribution in [0.2, 0.25) is 0 Å². The van der Waals surface area contributed by atoms with E-state index in [0.717, 1.165) is 4.47 Å². The minimum atomic E-state index is -0.0486. The number of rotatable bonds is 1. The van der Waals surface area contributed by atoms with E-state index >= 15 is 0 Å². The van der Waals surface area contributed by atoms with E-state index in [4.69, 9.17) is 0 Å². The summed E-state index contributed by atoms with van der Waals surface area (Å²) in [5.41, 5.74) is 1.27. The van der Waals surface area contributed by atoms with Gasteiger partial charge in [0.1, 0.15) is 5.65 Å². The van der Waals surface area contributed by atoms with E-state index in [1.54, 1.807) is 26.4 Å². The van der Waals surface area contributed by atoms with Crippen molar-refractivity contribution >= 4 is 27.5 Å². The molecule has 0 saturated heterocycles. The van der Waals surface area contributed by atoms with Crippen molar-refractivity contribution in [3.05, 3.63) is 34.7 Å². The Labute approximate surface area is 95.7 Å². The fraction of sp³-hybridized carbons (Fsp3) is 0.200. The van der Waals surface area contributed by atoms with Crippen molar-refractivity contribution in [2.45, 2.75) is 0 Å². The molecule has 15 heavy (non-hydrogen) atoms. The van der Waals surface area contributed by atoms with Gasteiger partial charge in [0.25, 0.3) is 5.91 Å². The smallest absolute Gasteiger partial charge is 0.257 e. The van der Waals surface area contributed by atoms with Crippen molar-refractivity contribution in [1.82, 2.24) is 14.3 Å². The average Bonchev–Trinajstić information content (AvgIpc) is 2.62. The normalized spacial score (nSPS) is 10.6. The minimum Gasteiger partial charge on any atom is -0.345 e. The van der Waals surface area contributed by atoms with Crippen LogP contribution >= 0.6 is 15.9 Å². The highest BCUT2D eigenvalue weighted by Gasteiger charge is 2.14. The van der Waals surface area contributed by atoms with Crippen LogP contribution in [-0.4, -0.2) is 34.3 Å². The van der Waals surface area contributed by atoms with Crippen molar-refractivity contribution in [3.8, 4) is 0 Å². The number of aromatic nitrogens is 2. The first-order valence-electron chi connectivity index (χ1n) is 4.43. The van der Waals surface area contributed by atoms with Crippen LogP contribution in [0.4, 0.5) is 0 Å². The van der Waals surface area contributed by atoms with Gasteiger partial charge in [0.15, 0.2) is 0 Å². The number of carbonyl (C=O) groups is 1. The largest absolute Gasteiger partial charge is 0.345 e. The van der Waals surface area contributed by atoms with Crippen LogP contribution in [-0.2, 0) is 0 Å². The lowest BCUT2D eigenvalue weighted by molar-refractivity contribution is 0.0829. The van der Waals surface area contributed by atoms with Crippen LogP contribution in [0.5, 0.6) is 0 Å². The van der Waals surface area contributed by atoms with Crippen molar-refractivity contribution in [2.24, 2.45) is 0 Å². The van der Waals surface area contributed by atoms with E-state index in [-0.39, 0.29) is 5.91 Å². The molecule has 0 fully saturated rings. The second-order valence-electron chi connectivity index (χ2n) is 3.43. The lowest BCUT2D eigenvalue weighted by atomic mass is 10.2. The third-order valence-electron chi connectivity index (χ3n) is 2.09. The number of fused-ring (bicyclic) bond motifs is 1. The van der Waals surface area contributed by atoms with Crippen molar-refractivity contribution in [1.29, 1.82) is 0 Å². The topological polar surface area (TPSA) is 37.6 Å². The maximum Gasteiger partial charge on any atom is 0.257 e. The Hall–Kier alpha value is -1.36. The summed E-state index contributed by atoms with van der Waals surface area (Å²) in [6.45, 7) is 0. The Kier molecular flexibility index (Phi) is 2.48. The van der Waals surface area contributed by atoms with E-state index in [1.165, 1.54) is 4.90 Å². The number of pyridine rings is 1. The predicted molar refractivity (Wildman–Crippen MR) is 60.9 cm³/mol. The average molecular weight is 268 g/mol. The number of hydrogen-bond donors (Lipinski definition) is 0. The first-order valence-corrected chi connectivity index (χ1v) is 5.23. The van der Waals surface area contributed by atoms with Gasteiger partial charge in [0.2, 0.25) is 0 Å². The highest BCUT2D eigenvalue weighted by Crippen LogP contribution is 2.17. The molecule has 0 aliphatic heterocycles. The van der Waals surface area contributed by atoms with Gasteiger partial charge in [-0.05, 0) is 22.0 Å². The molecule has 2 aromatic heterocycles. The summed E-state index contributed by atoms with van der Waals surface area (Å²) in [5.74, 6) is -0.0486. The molecule has 78 valence electrons. The summed E-state index contributed by atoms with van der Waals surface area (Å²) in [6.07, 6.45) is 5.36. The molecule has 0 aromatic carbocycles. The van der Waals surface area contributed by atoms with Crippen LogP contribution in [0.1, 0.15) is 10.4 Å². The third-order valence-corrected chi connectivity index (χ3v) is 2.52. The molecular formula is C10H10BrN3O. The van der Waals surface area contributed by atoms with Crippen LogP contribution in [0, 0.1) is 0 Å². The molecule has 0 bridgehead atoms. The third kappa shape index (κ3) is 1.74. The van der Waals surface area contributed by atoms with E-state index < -0.39 is 0 Å². The second kappa shape index (κ2) is 3.66. The first kappa shape index (κ1) is 10.2. The Morgan fingerprint density at radius 2 is 2.27 bits per heavy atom. The summed E-state index contributed by atoms with van der Waals surface area (Å²) in [6, 6.07) is 1.78. The van der Waals surface area contributed by atoms with Gasteiger partial charge in [0, 0.05) is 37.2 Å². The summed E-state index contributed by atoms with van der Waals surface area (Å²) >= 11 is 3.37. The molecule has 0 N–H and O–H groups in total. The Bertz CT molecular complexity index is 518. The van der Waals surface area contributed by atoms with Crippen molar-refractivity contribution in [3.63, 3.8) is 0 Å². The maximum atomic E-state index is 11.9. The summed E-state index contributed by atoms with van der Waals surface area (Å²) in [4.78, 5) is 17.6. The molecule has 2 heterocycles. The fourth-order valence-electron chi connectivity index (χ4n) is 1.40. The van der Waals surface area contributed by atoms with Gasteiger partial charge in [-0.3, -0.25) is 4.79 Å². The minimum absolute atomic E-state index is 0.0486. The number of imidazole rings is 1. The quantitative estimate of drug-likeness (QED) is 0.790. The van der Waals surface area contributed by atoms with Gasteiger partial charge >= 0.3 is 0 Å². The first-order chi connectivity index (χ1) is 7.09. The standard InChI is InChI=1S/C10H10BrN3O/c1-13(2)10(15)8-5-7(11)6-14-4-3-12-9(8)14/h3-6H,1-2H3. The van der Waals surface area contributed by atoms with E-state index in [0.29, 0.717) is 11.2 Å². The predicted octanol–water partition coefficient (Wildman–Crippen LogP) is 1.80. The summed E-state index contributed by atoms with van der Waals surface area (Å²) in [5, 5.41) is 0.